The summed E-state index contributed by atoms with van der Waals surface area (Å²) in [5.74, 6) is -0.729. The predicted molar refractivity (Wildman–Crippen MR) is 64.4 cm³/mol. The van der Waals surface area contributed by atoms with Gasteiger partial charge >= 0.3 is 5.97 Å². The second-order valence-corrected chi connectivity index (χ2v) is 3.15. The van der Waals surface area contributed by atoms with Gasteiger partial charge in [-0.15, -0.1) is 18.1 Å². The molecular weight excluding hydrogens is 228 g/mol. The zero-order valence-electron chi connectivity index (χ0n) is 8.87. The van der Waals surface area contributed by atoms with Crippen molar-refractivity contribution in [1.82, 2.24) is 9.55 Å². The molecule has 1 N–H and O–H groups in total. The predicted octanol–water partition coefficient (Wildman–Crippen LogP) is 2.58. The summed E-state index contributed by atoms with van der Waals surface area (Å²) in [6.07, 6.45) is 11.6. The van der Waals surface area contributed by atoms with E-state index in [4.69, 9.17) is 5.11 Å². The van der Waals surface area contributed by atoms with Gasteiger partial charge in [-0.25, -0.2) is 4.98 Å². The van der Waals surface area contributed by atoms with Crippen molar-refractivity contribution in [3.05, 3.63) is 30.5 Å². The first kappa shape index (κ1) is 14.5. The van der Waals surface area contributed by atoms with Crippen LogP contribution in [0.5, 0.6) is 0 Å². The molecule has 0 radical (unpaired) electrons. The summed E-state index contributed by atoms with van der Waals surface area (Å²) >= 11 is 0. The summed E-state index contributed by atoms with van der Waals surface area (Å²) in [5, 5.41) is 8.40. The molecule has 1 heterocycles. The molecule has 0 aliphatic rings. The Morgan fingerprint density at radius 1 is 1.50 bits per heavy atom. The van der Waals surface area contributed by atoms with E-state index >= 15 is 0 Å². The Hall–Kier alpha value is -1.51. The Balaban J connectivity index is 0.00000225. The SMILES string of the molecule is Cl.O=C(O)CCCCC=C=Cn1ccnc1. The molecule has 0 unspecified atom stereocenters. The van der Waals surface area contributed by atoms with Crippen LogP contribution in [0.25, 0.3) is 6.20 Å². The number of carboxylic acids is 1. The van der Waals surface area contributed by atoms with E-state index in [1.54, 1.807) is 23.3 Å². The zero-order chi connectivity index (χ0) is 10.9. The Labute approximate surface area is 101 Å². The molecule has 0 amide bonds. The third-order valence-corrected chi connectivity index (χ3v) is 1.86. The summed E-state index contributed by atoms with van der Waals surface area (Å²) in [6, 6.07) is 0. The number of rotatable bonds is 6. The fourth-order valence-corrected chi connectivity index (χ4v) is 1.09. The normalized spacial score (nSPS) is 8.75. The monoisotopic (exact) mass is 242 g/mol. The Morgan fingerprint density at radius 2 is 2.31 bits per heavy atom. The number of unbranched alkanes of at least 4 members (excludes halogenated alkanes) is 2. The van der Waals surface area contributed by atoms with Gasteiger partial charge in [0.2, 0.25) is 0 Å². The second-order valence-electron chi connectivity index (χ2n) is 3.15. The molecule has 0 bridgehead atoms. The van der Waals surface area contributed by atoms with Gasteiger partial charge in [0.25, 0.3) is 0 Å². The van der Waals surface area contributed by atoms with E-state index in [1.807, 2.05) is 12.3 Å². The number of halogens is 1. The third-order valence-electron chi connectivity index (χ3n) is 1.86. The number of aromatic nitrogens is 2. The van der Waals surface area contributed by atoms with Gasteiger partial charge in [0, 0.05) is 18.8 Å². The number of aliphatic carboxylic acids is 1. The van der Waals surface area contributed by atoms with Crippen molar-refractivity contribution in [3.63, 3.8) is 0 Å². The molecule has 16 heavy (non-hydrogen) atoms. The van der Waals surface area contributed by atoms with E-state index in [1.165, 1.54) is 0 Å². The van der Waals surface area contributed by atoms with E-state index in [9.17, 15) is 4.79 Å². The summed E-state index contributed by atoms with van der Waals surface area (Å²) in [7, 11) is 0. The smallest absolute Gasteiger partial charge is 0.303 e. The van der Waals surface area contributed by atoms with Crippen LogP contribution in [0.15, 0.2) is 30.5 Å². The molecule has 88 valence electrons. The molecule has 1 aromatic rings. The van der Waals surface area contributed by atoms with Gasteiger partial charge in [0.1, 0.15) is 0 Å². The fraction of sp³-hybridized carbons (Fsp3) is 0.364. The fourth-order valence-electron chi connectivity index (χ4n) is 1.09. The van der Waals surface area contributed by atoms with E-state index in [2.05, 4.69) is 10.7 Å². The Bertz CT molecular complexity index is 354. The first-order chi connectivity index (χ1) is 7.29. The van der Waals surface area contributed by atoms with Crippen molar-refractivity contribution in [2.75, 3.05) is 0 Å². The van der Waals surface area contributed by atoms with Crippen LogP contribution in [0, 0.1) is 0 Å². The third kappa shape index (κ3) is 6.87. The maximum Gasteiger partial charge on any atom is 0.303 e. The number of hydrogen-bond donors (Lipinski definition) is 1. The summed E-state index contributed by atoms with van der Waals surface area (Å²) in [5.41, 5.74) is 3.00. The van der Waals surface area contributed by atoms with Crippen LogP contribution in [-0.2, 0) is 4.79 Å². The van der Waals surface area contributed by atoms with Crippen molar-refractivity contribution in [3.8, 4) is 0 Å². The molecule has 0 fully saturated rings. The number of nitrogens with zero attached hydrogens (tertiary/aromatic N) is 2. The van der Waals surface area contributed by atoms with Gasteiger partial charge in [-0.2, -0.15) is 0 Å². The van der Waals surface area contributed by atoms with Crippen LogP contribution in [0.2, 0.25) is 0 Å². The van der Waals surface area contributed by atoms with Crippen molar-refractivity contribution >= 4 is 24.6 Å². The molecule has 0 saturated heterocycles. The lowest BCUT2D eigenvalue weighted by molar-refractivity contribution is -0.137. The number of carboxylic acid groups (broad SMARTS) is 1. The average molecular weight is 243 g/mol. The summed E-state index contributed by atoms with van der Waals surface area (Å²) in [6.45, 7) is 0. The highest BCUT2D eigenvalue weighted by Crippen LogP contribution is 1.99. The number of hydrogen-bond acceptors (Lipinski definition) is 2. The van der Waals surface area contributed by atoms with Crippen LogP contribution in [-0.4, -0.2) is 20.6 Å². The molecular formula is C11H15ClN2O2. The van der Waals surface area contributed by atoms with Gasteiger partial charge in [0.15, 0.2) is 0 Å². The van der Waals surface area contributed by atoms with E-state index in [0.717, 1.165) is 19.3 Å². The highest BCUT2D eigenvalue weighted by atomic mass is 35.5. The highest BCUT2D eigenvalue weighted by molar-refractivity contribution is 5.85. The minimum Gasteiger partial charge on any atom is -0.481 e. The first-order valence-electron chi connectivity index (χ1n) is 4.89. The van der Waals surface area contributed by atoms with E-state index < -0.39 is 5.97 Å². The summed E-state index contributed by atoms with van der Waals surface area (Å²) < 4.78 is 1.80. The number of allylic oxidation sites excluding steroid dienone is 1. The Morgan fingerprint density at radius 3 is 2.94 bits per heavy atom. The lowest BCUT2D eigenvalue weighted by Crippen LogP contribution is -1.92. The van der Waals surface area contributed by atoms with Gasteiger partial charge in [-0.3, -0.25) is 4.79 Å². The first-order valence-corrected chi connectivity index (χ1v) is 4.89. The molecule has 0 aliphatic carbocycles. The molecule has 4 nitrogen and oxygen atoms in total. The largest absolute Gasteiger partial charge is 0.481 e. The molecule has 0 aromatic carbocycles. The molecule has 0 aliphatic heterocycles. The van der Waals surface area contributed by atoms with Gasteiger partial charge in [0.05, 0.1) is 12.5 Å². The molecule has 1 rings (SSSR count). The summed E-state index contributed by atoms with van der Waals surface area (Å²) in [4.78, 5) is 14.1. The van der Waals surface area contributed by atoms with E-state index in [0.29, 0.717) is 0 Å². The van der Waals surface area contributed by atoms with Crippen LogP contribution in [0.3, 0.4) is 0 Å². The van der Waals surface area contributed by atoms with Gasteiger partial charge in [-0.1, -0.05) is 0 Å². The molecule has 1 aromatic heterocycles. The number of carbonyl (C=O) groups is 1. The maximum absolute atomic E-state index is 10.2. The van der Waals surface area contributed by atoms with Crippen molar-refractivity contribution in [1.29, 1.82) is 0 Å². The topological polar surface area (TPSA) is 55.1 Å². The van der Waals surface area contributed by atoms with Gasteiger partial charge < -0.3 is 9.67 Å². The molecule has 0 atom stereocenters. The van der Waals surface area contributed by atoms with Crippen molar-refractivity contribution < 1.29 is 9.90 Å². The van der Waals surface area contributed by atoms with Crippen LogP contribution >= 0.6 is 12.4 Å². The second kappa shape index (κ2) is 8.77. The quantitative estimate of drug-likeness (QED) is 0.616. The lowest BCUT2D eigenvalue weighted by Gasteiger charge is -1.91. The van der Waals surface area contributed by atoms with Crippen LogP contribution in [0.1, 0.15) is 25.7 Å². The number of imidazole rings is 1. The lowest BCUT2D eigenvalue weighted by atomic mass is 10.2. The van der Waals surface area contributed by atoms with E-state index in [-0.39, 0.29) is 18.8 Å². The average Bonchev–Trinajstić information content (AvgIpc) is 2.68. The molecule has 5 heteroatoms. The molecule has 0 spiro atoms. The highest BCUT2D eigenvalue weighted by Gasteiger charge is 1.93. The van der Waals surface area contributed by atoms with Crippen molar-refractivity contribution in [2.24, 2.45) is 0 Å². The van der Waals surface area contributed by atoms with Crippen LogP contribution < -0.4 is 0 Å². The zero-order valence-corrected chi connectivity index (χ0v) is 9.69. The minimum absolute atomic E-state index is 0. The van der Waals surface area contributed by atoms with Crippen LogP contribution in [0.4, 0.5) is 0 Å². The minimum atomic E-state index is -0.729. The maximum atomic E-state index is 10.2. The standard InChI is InChI=1S/C11H14N2O2.ClH/c14-11(15)6-4-2-1-3-5-8-13-9-7-12-10-13;/h3,7-10H,1-2,4,6H2,(H,14,15);1H. The van der Waals surface area contributed by atoms with Gasteiger partial charge in [-0.05, 0) is 25.3 Å². The molecule has 0 saturated carbocycles. The van der Waals surface area contributed by atoms with Crippen molar-refractivity contribution in [2.45, 2.75) is 25.7 Å². The Kier molecular flexibility index (Phi) is 7.94.